The molecule has 0 aliphatic heterocycles. The van der Waals surface area contributed by atoms with Crippen LogP contribution < -0.4 is 11.1 Å². The monoisotopic (exact) mass is 266 g/mol. The lowest BCUT2D eigenvalue weighted by molar-refractivity contribution is -0.137. The first-order valence-corrected chi connectivity index (χ1v) is 7.07. The van der Waals surface area contributed by atoms with Gasteiger partial charge in [0.1, 0.15) is 0 Å². The summed E-state index contributed by atoms with van der Waals surface area (Å²) in [6.45, 7) is 0.707. The number of carboxylic acids is 1. The second kappa shape index (κ2) is 8.02. The van der Waals surface area contributed by atoms with Gasteiger partial charge in [0, 0.05) is 19.4 Å². The van der Waals surface area contributed by atoms with Gasteiger partial charge in [-0.15, -0.1) is 0 Å². The van der Waals surface area contributed by atoms with Crippen LogP contribution in [0.4, 0.5) is 0 Å². The van der Waals surface area contributed by atoms with E-state index in [0.717, 1.165) is 0 Å². The van der Waals surface area contributed by atoms with E-state index in [-0.39, 0.29) is 30.9 Å². The van der Waals surface area contributed by atoms with Crippen molar-refractivity contribution in [3.8, 4) is 0 Å². The Kier molecular flexibility index (Phi) is 7.47. The van der Waals surface area contributed by atoms with Gasteiger partial charge < -0.3 is 16.2 Å². The highest BCUT2D eigenvalue weighted by Gasteiger charge is 2.11. The third-order valence-corrected chi connectivity index (χ3v) is 3.65. The van der Waals surface area contributed by atoms with Crippen molar-refractivity contribution < 1.29 is 23.1 Å². The Balaban J connectivity index is 3.59. The number of carbonyl (C=O) groups excluding carboxylic acids is 1. The standard InChI is InChI=1S/C9H18N2O5S/c10-8(12)3-6-17(15,16)7-5-11-4-1-2-9(13)14/h11H,1-7H2,(H2,10,12)(H,13,14). The van der Waals surface area contributed by atoms with Gasteiger partial charge in [-0.1, -0.05) is 0 Å². The molecule has 0 unspecified atom stereocenters. The SMILES string of the molecule is NC(=O)CCS(=O)(=O)CCNCCCC(=O)O. The number of amides is 1. The van der Waals surface area contributed by atoms with Crippen LogP contribution in [0.25, 0.3) is 0 Å². The zero-order chi connectivity index (χ0) is 13.3. The highest BCUT2D eigenvalue weighted by atomic mass is 32.2. The number of primary amides is 1. The van der Waals surface area contributed by atoms with Crippen molar-refractivity contribution >= 4 is 21.7 Å². The van der Waals surface area contributed by atoms with Crippen LogP contribution in [0.2, 0.25) is 0 Å². The Labute approximate surface area is 100 Å². The third kappa shape index (κ3) is 11.1. The molecule has 4 N–H and O–H groups in total. The van der Waals surface area contributed by atoms with Gasteiger partial charge in [0.2, 0.25) is 5.91 Å². The van der Waals surface area contributed by atoms with Crippen LogP contribution in [0.3, 0.4) is 0 Å². The number of nitrogens with one attached hydrogen (secondary N) is 1. The van der Waals surface area contributed by atoms with Gasteiger partial charge in [0.15, 0.2) is 9.84 Å². The van der Waals surface area contributed by atoms with E-state index in [2.05, 4.69) is 5.32 Å². The summed E-state index contributed by atoms with van der Waals surface area (Å²) in [5.41, 5.74) is 4.85. The van der Waals surface area contributed by atoms with Crippen molar-refractivity contribution in [1.82, 2.24) is 5.32 Å². The fourth-order valence-corrected chi connectivity index (χ4v) is 2.25. The van der Waals surface area contributed by atoms with E-state index in [9.17, 15) is 18.0 Å². The molecular weight excluding hydrogens is 248 g/mol. The first-order valence-electron chi connectivity index (χ1n) is 5.25. The van der Waals surface area contributed by atoms with Gasteiger partial charge in [0.25, 0.3) is 0 Å². The zero-order valence-corrected chi connectivity index (χ0v) is 10.3. The predicted octanol–water partition coefficient (Wildman–Crippen LogP) is -1.27. The maximum Gasteiger partial charge on any atom is 0.303 e. The predicted molar refractivity (Wildman–Crippen MR) is 62.2 cm³/mol. The fraction of sp³-hybridized carbons (Fsp3) is 0.778. The Hall–Kier alpha value is -1.15. The molecule has 0 radical (unpaired) electrons. The van der Waals surface area contributed by atoms with E-state index >= 15 is 0 Å². The van der Waals surface area contributed by atoms with Gasteiger partial charge in [0.05, 0.1) is 11.5 Å². The lowest BCUT2D eigenvalue weighted by atomic mass is 10.3. The quantitative estimate of drug-likeness (QED) is 0.423. The van der Waals surface area contributed by atoms with E-state index < -0.39 is 21.7 Å². The second-order valence-corrected chi connectivity index (χ2v) is 5.92. The van der Waals surface area contributed by atoms with Crippen molar-refractivity contribution in [2.75, 3.05) is 24.6 Å². The van der Waals surface area contributed by atoms with E-state index in [1.165, 1.54) is 0 Å². The van der Waals surface area contributed by atoms with Crippen LogP contribution >= 0.6 is 0 Å². The number of hydrogen-bond acceptors (Lipinski definition) is 5. The molecule has 0 aromatic heterocycles. The summed E-state index contributed by atoms with van der Waals surface area (Å²) in [7, 11) is -3.26. The molecule has 1 amide bonds. The average Bonchev–Trinajstić information content (AvgIpc) is 2.20. The summed E-state index contributed by atoms with van der Waals surface area (Å²) in [4.78, 5) is 20.6. The van der Waals surface area contributed by atoms with Crippen LogP contribution in [0.1, 0.15) is 19.3 Å². The van der Waals surface area contributed by atoms with Crippen molar-refractivity contribution in [2.45, 2.75) is 19.3 Å². The number of nitrogens with two attached hydrogens (primary N) is 1. The van der Waals surface area contributed by atoms with Crippen LogP contribution in [0, 0.1) is 0 Å². The Morgan fingerprint density at radius 3 is 2.29 bits per heavy atom. The van der Waals surface area contributed by atoms with Crippen LogP contribution in [-0.4, -0.2) is 50.0 Å². The molecule has 0 aliphatic carbocycles. The average molecular weight is 266 g/mol. The highest BCUT2D eigenvalue weighted by Crippen LogP contribution is 1.93. The minimum absolute atomic E-state index is 0.0570. The fourth-order valence-electron chi connectivity index (χ4n) is 1.08. The van der Waals surface area contributed by atoms with Gasteiger partial charge in [-0.05, 0) is 13.0 Å². The number of sulfone groups is 1. The molecule has 0 atom stereocenters. The molecule has 0 saturated heterocycles. The maximum absolute atomic E-state index is 11.3. The van der Waals surface area contributed by atoms with E-state index in [1.54, 1.807) is 0 Å². The zero-order valence-electron chi connectivity index (χ0n) is 9.52. The largest absolute Gasteiger partial charge is 0.481 e. The molecule has 0 aromatic carbocycles. The molecule has 8 heteroatoms. The molecule has 0 rings (SSSR count). The normalized spacial score (nSPS) is 11.3. The highest BCUT2D eigenvalue weighted by molar-refractivity contribution is 7.91. The van der Waals surface area contributed by atoms with Gasteiger partial charge in [-0.2, -0.15) is 0 Å². The summed E-state index contributed by atoms with van der Waals surface area (Å²) < 4.78 is 22.7. The molecule has 0 bridgehead atoms. The van der Waals surface area contributed by atoms with E-state index in [4.69, 9.17) is 10.8 Å². The summed E-state index contributed by atoms with van der Waals surface area (Å²) in [6.07, 6.45) is 0.347. The maximum atomic E-state index is 11.3. The summed E-state index contributed by atoms with van der Waals surface area (Å²) in [6, 6.07) is 0. The van der Waals surface area contributed by atoms with Crippen molar-refractivity contribution in [2.24, 2.45) is 5.73 Å². The third-order valence-electron chi connectivity index (χ3n) is 1.99. The number of aliphatic carboxylic acids is 1. The van der Waals surface area contributed by atoms with Crippen LogP contribution in [-0.2, 0) is 19.4 Å². The molecule has 17 heavy (non-hydrogen) atoms. The molecule has 7 nitrogen and oxygen atoms in total. The Bertz CT molecular complexity index is 352. The van der Waals surface area contributed by atoms with E-state index in [0.29, 0.717) is 13.0 Å². The van der Waals surface area contributed by atoms with E-state index in [1.807, 2.05) is 0 Å². The number of rotatable bonds is 10. The summed E-state index contributed by atoms with van der Waals surface area (Å²) in [5.74, 6) is -1.82. The van der Waals surface area contributed by atoms with Crippen molar-refractivity contribution in [3.63, 3.8) is 0 Å². The van der Waals surface area contributed by atoms with Crippen molar-refractivity contribution in [1.29, 1.82) is 0 Å². The Morgan fingerprint density at radius 2 is 1.76 bits per heavy atom. The first-order chi connectivity index (χ1) is 7.83. The van der Waals surface area contributed by atoms with Gasteiger partial charge in [-0.25, -0.2) is 8.42 Å². The molecule has 0 aliphatic rings. The topological polar surface area (TPSA) is 127 Å². The Morgan fingerprint density at radius 1 is 1.12 bits per heavy atom. The summed E-state index contributed by atoms with van der Waals surface area (Å²) in [5, 5.41) is 11.2. The molecule has 0 spiro atoms. The smallest absolute Gasteiger partial charge is 0.303 e. The van der Waals surface area contributed by atoms with Gasteiger partial charge >= 0.3 is 5.97 Å². The lowest BCUT2D eigenvalue weighted by Crippen LogP contribution is -2.27. The molecule has 100 valence electrons. The number of carbonyl (C=O) groups is 2. The van der Waals surface area contributed by atoms with Crippen molar-refractivity contribution in [3.05, 3.63) is 0 Å². The first kappa shape index (κ1) is 15.9. The lowest BCUT2D eigenvalue weighted by Gasteiger charge is -2.04. The molecule has 0 heterocycles. The minimum Gasteiger partial charge on any atom is -0.481 e. The number of hydrogen-bond donors (Lipinski definition) is 3. The minimum atomic E-state index is -3.26. The molecule has 0 aromatic rings. The molecule has 0 saturated carbocycles. The summed E-state index contributed by atoms with van der Waals surface area (Å²) >= 11 is 0. The second-order valence-electron chi connectivity index (χ2n) is 3.62. The number of carboxylic acid groups (broad SMARTS) is 1. The van der Waals surface area contributed by atoms with Crippen LogP contribution in [0.5, 0.6) is 0 Å². The molecule has 0 fully saturated rings. The van der Waals surface area contributed by atoms with Gasteiger partial charge in [-0.3, -0.25) is 9.59 Å². The molecular formula is C9H18N2O5S. The van der Waals surface area contributed by atoms with Crippen LogP contribution in [0.15, 0.2) is 0 Å².